The van der Waals surface area contributed by atoms with E-state index in [-0.39, 0.29) is 31.1 Å². The first-order valence-corrected chi connectivity index (χ1v) is 36.5. The van der Waals surface area contributed by atoms with E-state index in [1.54, 1.807) is 0 Å². The Morgan fingerprint density at radius 2 is 0.444 bits per heavy atom. The summed E-state index contributed by atoms with van der Waals surface area (Å²) in [6, 6.07) is 0. The van der Waals surface area contributed by atoms with Gasteiger partial charge in [0.2, 0.25) is 0 Å². The number of ether oxygens (including phenoxy) is 3. The van der Waals surface area contributed by atoms with Crippen molar-refractivity contribution in [2.75, 3.05) is 13.2 Å². The predicted molar refractivity (Wildman–Crippen MR) is 353 cm³/mol. The molecule has 0 aliphatic rings. The van der Waals surface area contributed by atoms with E-state index in [1.165, 1.54) is 295 Å². The van der Waals surface area contributed by atoms with Crippen LogP contribution in [0.15, 0.2) is 36.5 Å². The summed E-state index contributed by atoms with van der Waals surface area (Å²) >= 11 is 0. The van der Waals surface area contributed by atoms with Gasteiger partial charge in [0.1, 0.15) is 13.2 Å². The zero-order valence-corrected chi connectivity index (χ0v) is 54.8. The van der Waals surface area contributed by atoms with Crippen LogP contribution in [-0.4, -0.2) is 37.2 Å². The van der Waals surface area contributed by atoms with E-state index in [4.69, 9.17) is 14.2 Å². The fourth-order valence-electron chi connectivity index (χ4n) is 11.2. The molecule has 0 saturated carbocycles. The van der Waals surface area contributed by atoms with Crippen molar-refractivity contribution in [3.05, 3.63) is 36.5 Å². The molecular weight excluding hydrogens is 997 g/mol. The quantitative estimate of drug-likeness (QED) is 0.0261. The van der Waals surface area contributed by atoms with Crippen LogP contribution in [0.25, 0.3) is 0 Å². The Hall–Kier alpha value is -2.37. The molecule has 6 heteroatoms. The summed E-state index contributed by atoms with van der Waals surface area (Å²) in [4.78, 5) is 38.5. The highest BCUT2D eigenvalue weighted by molar-refractivity contribution is 5.71. The number of hydrogen-bond donors (Lipinski definition) is 0. The SMILES string of the molecule is CCCCCCC/C=C\C/C=C\C/C=C\CCCCCCCCCCCCCCCCC(=O)OCC(COC(=O)CCCCCCCCCCCCCCCCCC)OC(=O)CCCCCCCCCCCCCCCCCCCC. The summed E-state index contributed by atoms with van der Waals surface area (Å²) in [5.41, 5.74) is 0. The third-order valence-electron chi connectivity index (χ3n) is 16.6. The highest BCUT2D eigenvalue weighted by Gasteiger charge is 2.19. The Labute approximate surface area is 506 Å². The number of rotatable bonds is 68. The highest BCUT2D eigenvalue weighted by atomic mass is 16.6. The second-order valence-electron chi connectivity index (χ2n) is 24.9. The van der Waals surface area contributed by atoms with Crippen LogP contribution >= 0.6 is 0 Å². The van der Waals surface area contributed by atoms with Crippen LogP contribution in [0.2, 0.25) is 0 Å². The molecule has 0 aromatic heterocycles. The van der Waals surface area contributed by atoms with Crippen LogP contribution in [0.3, 0.4) is 0 Å². The molecule has 0 radical (unpaired) electrons. The molecule has 476 valence electrons. The summed E-state index contributed by atoms with van der Waals surface area (Å²) in [6.45, 7) is 6.71. The van der Waals surface area contributed by atoms with Gasteiger partial charge in [0.25, 0.3) is 0 Å². The molecule has 0 aromatic rings. The molecule has 0 bridgehead atoms. The molecule has 0 aliphatic heterocycles. The smallest absolute Gasteiger partial charge is 0.306 e. The van der Waals surface area contributed by atoms with E-state index in [0.29, 0.717) is 19.3 Å². The maximum Gasteiger partial charge on any atom is 0.306 e. The molecule has 81 heavy (non-hydrogen) atoms. The van der Waals surface area contributed by atoms with E-state index in [0.717, 1.165) is 70.6 Å². The molecule has 0 saturated heterocycles. The van der Waals surface area contributed by atoms with Gasteiger partial charge in [-0.1, -0.05) is 365 Å². The van der Waals surface area contributed by atoms with Crippen molar-refractivity contribution in [2.45, 2.75) is 412 Å². The highest BCUT2D eigenvalue weighted by Crippen LogP contribution is 2.19. The van der Waals surface area contributed by atoms with Crippen LogP contribution in [0.1, 0.15) is 406 Å². The Morgan fingerprint density at radius 3 is 0.691 bits per heavy atom. The number of unbranched alkanes of at least 4 members (excludes halogenated alkanes) is 51. The maximum atomic E-state index is 13.0. The number of carbonyl (C=O) groups excluding carboxylic acids is 3. The minimum Gasteiger partial charge on any atom is -0.462 e. The van der Waals surface area contributed by atoms with E-state index < -0.39 is 6.10 Å². The second kappa shape index (κ2) is 70.1. The Balaban J connectivity index is 4.23. The molecule has 0 rings (SSSR count). The summed E-state index contributed by atoms with van der Waals surface area (Å²) < 4.78 is 17.0. The van der Waals surface area contributed by atoms with Crippen molar-refractivity contribution in [3.63, 3.8) is 0 Å². The third-order valence-corrected chi connectivity index (χ3v) is 16.6. The van der Waals surface area contributed by atoms with Crippen molar-refractivity contribution in [3.8, 4) is 0 Å². The van der Waals surface area contributed by atoms with Gasteiger partial charge in [0, 0.05) is 19.3 Å². The van der Waals surface area contributed by atoms with Crippen LogP contribution in [0, 0.1) is 0 Å². The Bertz CT molecular complexity index is 1350. The first kappa shape index (κ1) is 78.6. The van der Waals surface area contributed by atoms with Crippen molar-refractivity contribution in [2.24, 2.45) is 0 Å². The number of hydrogen-bond acceptors (Lipinski definition) is 6. The Morgan fingerprint density at radius 1 is 0.247 bits per heavy atom. The van der Waals surface area contributed by atoms with Crippen molar-refractivity contribution >= 4 is 17.9 Å². The third kappa shape index (κ3) is 68.3. The van der Waals surface area contributed by atoms with Gasteiger partial charge in [-0.2, -0.15) is 0 Å². The molecule has 1 atom stereocenters. The van der Waals surface area contributed by atoms with Gasteiger partial charge in [-0.3, -0.25) is 14.4 Å². The van der Waals surface area contributed by atoms with Crippen molar-refractivity contribution in [1.29, 1.82) is 0 Å². The Kier molecular flexibility index (Phi) is 68.1. The molecule has 0 fully saturated rings. The second-order valence-corrected chi connectivity index (χ2v) is 24.9. The van der Waals surface area contributed by atoms with Crippen LogP contribution in [-0.2, 0) is 28.6 Å². The van der Waals surface area contributed by atoms with Gasteiger partial charge in [-0.25, -0.2) is 0 Å². The molecule has 0 aromatic carbocycles. The van der Waals surface area contributed by atoms with Crippen LogP contribution in [0.5, 0.6) is 0 Å². The molecule has 1 unspecified atom stereocenters. The van der Waals surface area contributed by atoms with E-state index in [2.05, 4.69) is 57.2 Å². The van der Waals surface area contributed by atoms with E-state index in [9.17, 15) is 14.4 Å². The number of allylic oxidation sites excluding steroid dienone is 6. The lowest BCUT2D eigenvalue weighted by Gasteiger charge is -2.18. The monoisotopic (exact) mass is 1140 g/mol. The zero-order valence-electron chi connectivity index (χ0n) is 54.8. The molecule has 0 aliphatic carbocycles. The van der Waals surface area contributed by atoms with Crippen molar-refractivity contribution < 1.29 is 28.6 Å². The molecule has 0 amide bonds. The fraction of sp³-hybridized carbons (Fsp3) is 0.880. The number of carbonyl (C=O) groups is 3. The lowest BCUT2D eigenvalue weighted by atomic mass is 10.0. The summed E-state index contributed by atoms with van der Waals surface area (Å²) in [6.07, 6.45) is 87.4. The van der Waals surface area contributed by atoms with Crippen molar-refractivity contribution in [1.82, 2.24) is 0 Å². The zero-order chi connectivity index (χ0) is 58.5. The van der Waals surface area contributed by atoms with Crippen LogP contribution < -0.4 is 0 Å². The molecule has 0 spiro atoms. The van der Waals surface area contributed by atoms with Gasteiger partial charge in [0.05, 0.1) is 0 Å². The minimum atomic E-state index is -0.769. The topological polar surface area (TPSA) is 78.9 Å². The summed E-state index contributed by atoms with van der Waals surface area (Å²) in [5.74, 6) is -0.831. The average Bonchev–Trinajstić information content (AvgIpc) is 3.47. The van der Waals surface area contributed by atoms with Gasteiger partial charge in [0.15, 0.2) is 6.10 Å². The molecule has 0 N–H and O–H groups in total. The number of esters is 3. The molecule has 0 heterocycles. The normalized spacial score (nSPS) is 12.2. The van der Waals surface area contributed by atoms with Gasteiger partial charge >= 0.3 is 17.9 Å². The largest absolute Gasteiger partial charge is 0.462 e. The van der Waals surface area contributed by atoms with Gasteiger partial charge in [-0.15, -0.1) is 0 Å². The van der Waals surface area contributed by atoms with E-state index in [1.807, 2.05) is 0 Å². The average molecular weight is 1140 g/mol. The van der Waals surface area contributed by atoms with Crippen LogP contribution in [0.4, 0.5) is 0 Å². The molecular formula is C75H140O6. The predicted octanol–water partition coefficient (Wildman–Crippen LogP) is 25.1. The molecule has 6 nitrogen and oxygen atoms in total. The first-order chi connectivity index (χ1) is 40.0. The maximum absolute atomic E-state index is 13.0. The first-order valence-electron chi connectivity index (χ1n) is 36.5. The lowest BCUT2D eigenvalue weighted by Crippen LogP contribution is -2.30. The fourth-order valence-corrected chi connectivity index (χ4v) is 11.2. The van der Waals surface area contributed by atoms with E-state index >= 15 is 0 Å². The summed E-state index contributed by atoms with van der Waals surface area (Å²) in [7, 11) is 0. The standard InChI is InChI=1S/C75H140O6/c1-4-7-10-13-16-19-22-25-28-31-33-34-35-36-37-38-39-40-41-42-43-45-47-50-53-56-59-62-65-68-74(77)80-71-72(70-79-73(76)67-64-61-58-55-52-49-46-30-27-24-21-18-15-12-9-6-3)81-75(78)69-66-63-60-57-54-51-48-44-32-29-26-23-20-17-14-11-8-5-2/h22,25,31,33,35-36,72H,4-21,23-24,26-30,32,34,37-71H2,1-3H3/b25-22-,33-31-,36-35-. The van der Waals surface area contributed by atoms with Gasteiger partial charge < -0.3 is 14.2 Å². The summed E-state index contributed by atoms with van der Waals surface area (Å²) in [5, 5.41) is 0. The minimum absolute atomic E-state index is 0.0648. The van der Waals surface area contributed by atoms with Gasteiger partial charge in [-0.05, 0) is 57.8 Å². The lowest BCUT2D eigenvalue weighted by molar-refractivity contribution is -0.167.